The molecule has 0 amide bonds. The lowest BCUT2D eigenvalue weighted by atomic mass is 10.3. The lowest BCUT2D eigenvalue weighted by Crippen LogP contribution is -2.22. The van der Waals surface area contributed by atoms with Gasteiger partial charge in [-0.05, 0) is 45.1 Å². The summed E-state index contributed by atoms with van der Waals surface area (Å²) in [5, 5.41) is 1.73. The smallest absolute Gasteiger partial charge is 0.251 e. The lowest BCUT2D eigenvalue weighted by Gasteiger charge is -2.05. The van der Waals surface area contributed by atoms with Crippen LogP contribution in [-0.2, 0) is 16.6 Å². The molecule has 2 heterocycles. The third kappa shape index (κ3) is 3.12. The van der Waals surface area contributed by atoms with Crippen molar-refractivity contribution in [2.75, 3.05) is 0 Å². The van der Waals surface area contributed by atoms with Crippen molar-refractivity contribution in [3.05, 3.63) is 46.0 Å². The molecule has 0 aliphatic rings. The molecule has 0 spiro atoms. The number of nitrogens with one attached hydrogen (secondary N) is 1. The van der Waals surface area contributed by atoms with E-state index < -0.39 is 10.0 Å². The van der Waals surface area contributed by atoms with E-state index in [1.807, 2.05) is 0 Å². The Bertz CT molecular complexity index is 596. The number of aromatic nitrogens is 1. The summed E-state index contributed by atoms with van der Waals surface area (Å²) in [6.45, 7) is 0.259. The molecule has 0 aliphatic heterocycles. The number of thiophene rings is 1. The van der Waals surface area contributed by atoms with Crippen LogP contribution in [0.25, 0.3) is 0 Å². The normalized spacial score (nSPS) is 11.6. The lowest BCUT2D eigenvalue weighted by molar-refractivity contribution is 0.583. The molecule has 0 saturated carbocycles. The predicted molar refractivity (Wildman–Crippen MR) is 70.3 cm³/mol. The molecule has 90 valence electrons. The van der Waals surface area contributed by atoms with Crippen LogP contribution in [0.5, 0.6) is 0 Å². The summed E-state index contributed by atoms with van der Waals surface area (Å²) >= 11 is 4.39. The van der Waals surface area contributed by atoms with E-state index in [4.69, 9.17) is 0 Å². The van der Waals surface area contributed by atoms with E-state index in [9.17, 15) is 8.42 Å². The van der Waals surface area contributed by atoms with Crippen LogP contribution in [0.2, 0.25) is 0 Å². The van der Waals surface area contributed by atoms with Crippen LogP contribution in [0.4, 0.5) is 0 Å². The quantitative estimate of drug-likeness (QED) is 0.935. The molecule has 2 aromatic rings. The van der Waals surface area contributed by atoms with Crippen LogP contribution in [0, 0.1) is 0 Å². The number of rotatable bonds is 4. The Kier molecular flexibility index (Phi) is 3.93. The molecular formula is C10H9BrN2O2S2. The molecule has 17 heavy (non-hydrogen) atoms. The minimum Gasteiger partial charge on any atom is -0.265 e. The largest absolute Gasteiger partial charge is 0.265 e. The minimum atomic E-state index is -3.44. The Morgan fingerprint density at radius 1 is 1.29 bits per heavy atom. The maximum absolute atomic E-state index is 11.9. The highest BCUT2D eigenvalue weighted by Gasteiger charge is 2.18. The molecule has 7 heteroatoms. The van der Waals surface area contributed by atoms with Gasteiger partial charge in [0.1, 0.15) is 4.21 Å². The first-order valence-corrected chi connectivity index (χ1v) is 7.87. The van der Waals surface area contributed by atoms with Crippen molar-refractivity contribution in [1.29, 1.82) is 0 Å². The summed E-state index contributed by atoms with van der Waals surface area (Å²) in [6.07, 6.45) is 3.26. The van der Waals surface area contributed by atoms with Gasteiger partial charge in [-0.1, -0.05) is 0 Å². The van der Waals surface area contributed by atoms with E-state index in [0.717, 1.165) is 5.56 Å². The third-order valence-electron chi connectivity index (χ3n) is 2.04. The minimum absolute atomic E-state index is 0.259. The molecule has 4 nitrogen and oxygen atoms in total. The fraction of sp³-hybridized carbons (Fsp3) is 0.100. The fourth-order valence-corrected chi connectivity index (χ4v) is 4.61. The van der Waals surface area contributed by atoms with Crippen LogP contribution in [0.15, 0.2) is 44.7 Å². The molecule has 0 fully saturated rings. The van der Waals surface area contributed by atoms with E-state index in [1.165, 1.54) is 11.3 Å². The molecule has 0 unspecified atom stereocenters. The van der Waals surface area contributed by atoms with Crippen LogP contribution >= 0.6 is 27.3 Å². The molecule has 0 aromatic carbocycles. The van der Waals surface area contributed by atoms with E-state index >= 15 is 0 Å². The van der Waals surface area contributed by atoms with E-state index in [0.29, 0.717) is 8.68 Å². The molecule has 1 N–H and O–H groups in total. The molecule has 2 rings (SSSR count). The maximum atomic E-state index is 11.9. The summed E-state index contributed by atoms with van der Waals surface area (Å²) in [4.78, 5) is 3.87. The average Bonchev–Trinajstić information content (AvgIpc) is 2.75. The van der Waals surface area contributed by atoms with Crippen molar-refractivity contribution < 1.29 is 8.42 Å². The van der Waals surface area contributed by atoms with E-state index in [-0.39, 0.29) is 6.54 Å². The number of nitrogens with zero attached hydrogens (tertiary/aromatic N) is 1. The Labute approximate surface area is 112 Å². The van der Waals surface area contributed by atoms with E-state index in [1.54, 1.807) is 36.0 Å². The summed E-state index contributed by atoms with van der Waals surface area (Å²) in [6, 6.07) is 5.25. The Hall–Kier alpha value is -0.760. The van der Waals surface area contributed by atoms with Crippen molar-refractivity contribution >= 4 is 37.3 Å². The SMILES string of the molecule is O=S(=O)(NCc1ccncc1)c1sccc1Br. The number of hydrogen-bond acceptors (Lipinski definition) is 4. The van der Waals surface area contributed by atoms with Crippen molar-refractivity contribution in [3.8, 4) is 0 Å². The number of hydrogen-bond donors (Lipinski definition) is 1. The zero-order valence-electron chi connectivity index (χ0n) is 8.63. The molecule has 0 radical (unpaired) electrons. The van der Waals surface area contributed by atoms with Gasteiger partial charge in [0.25, 0.3) is 10.0 Å². The number of halogens is 1. The van der Waals surface area contributed by atoms with Crippen molar-refractivity contribution in [2.45, 2.75) is 10.8 Å². The van der Waals surface area contributed by atoms with Gasteiger partial charge in [-0.25, -0.2) is 13.1 Å². The van der Waals surface area contributed by atoms with Gasteiger partial charge in [0.15, 0.2) is 0 Å². The molecule has 0 saturated heterocycles. The Morgan fingerprint density at radius 3 is 2.59 bits per heavy atom. The molecule has 0 bridgehead atoms. The molecular weight excluding hydrogens is 324 g/mol. The van der Waals surface area contributed by atoms with Gasteiger partial charge in [-0.3, -0.25) is 4.98 Å². The topological polar surface area (TPSA) is 59.1 Å². The van der Waals surface area contributed by atoms with E-state index in [2.05, 4.69) is 25.6 Å². The third-order valence-corrected chi connectivity index (χ3v) is 6.12. The summed E-state index contributed by atoms with van der Waals surface area (Å²) < 4.78 is 27.3. The van der Waals surface area contributed by atoms with Crippen molar-refractivity contribution in [3.63, 3.8) is 0 Å². The highest BCUT2D eigenvalue weighted by Crippen LogP contribution is 2.27. The van der Waals surface area contributed by atoms with Crippen molar-refractivity contribution in [1.82, 2.24) is 9.71 Å². The summed E-state index contributed by atoms with van der Waals surface area (Å²) in [5.74, 6) is 0. The van der Waals surface area contributed by atoms with Gasteiger partial charge < -0.3 is 0 Å². The fourth-order valence-electron chi connectivity index (χ4n) is 1.22. The first kappa shape index (κ1) is 12.7. The van der Waals surface area contributed by atoms with Crippen LogP contribution in [-0.4, -0.2) is 13.4 Å². The zero-order chi connectivity index (χ0) is 12.3. The van der Waals surface area contributed by atoms with Gasteiger partial charge >= 0.3 is 0 Å². The second-order valence-corrected chi connectivity index (χ2v) is 6.97. The molecule has 0 aliphatic carbocycles. The first-order chi connectivity index (χ1) is 8.09. The summed E-state index contributed by atoms with van der Waals surface area (Å²) in [7, 11) is -3.44. The van der Waals surface area contributed by atoms with Gasteiger partial charge in [0, 0.05) is 23.4 Å². The van der Waals surface area contributed by atoms with Crippen LogP contribution in [0.3, 0.4) is 0 Å². The zero-order valence-corrected chi connectivity index (χ0v) is 11.8. The number of sulfonamides is 1. The Morgan fingerprint density at radius 2 is 2.00 bits per heavy atom. The second kappa shape index (κ2) is 5.26. The van der Waals surface area contributed by atoms with Crippen LogP contribution in [0.1, 0.15) is 5.56 Å². The standard InChI is InChI=1S/C10H9BrN2O2S2/c11-9-3-6-16-10(9)17(14,15)13-7-8-1-4-12-5-2-8/h1-6,13H,7H2. The highest BCUT2D eigenvalue weighted by atomic mass is 79.9. The van der Waals surface area contributed by atoms with Crippen molar-refractivity contribution in [2.24, 2.45) is 0 Å². The van der Waals surface area contributed by atoms with Gasteiger partial charge in [0.05, 0.1) is 0 Å². The monoisotopic (exact) mass is 332 g/mol. The maximum Gasteiger partial charge on any atom is 0.251 e. The molecule has 2 aromatic heterocycles. The highest BCUT2D eigenvalue weighted by molar-refractivity contribution is 9.10. The second-order valence-electron chi connectivity index (χ2n) is 3.24. The van der Waals surface area contributed by atoms with Gasteiger partial charge in [0.2, 0.25) is 0 Å². The average molecular weight is 333 g/mol. The Balaban J connectivity index is 2.12. The molecule has 0 atom stereocenters. The summed E-state index contributed by atoms with van der Waals surface area (Å²) in [5.41, 5.74) is 0.872. The van der Waals surface area contributed by atoms with Crippen LogP contribution < -0.4 is 4.72 Å². The number of pyridine rings is 1. The van der Waals surface area contributed by atoms with Gasteiger partial charge in [-0.2, -0.15) is 0 Å². The first-order valence-electron chi connectivity index (χ1n) is 4.71. The predicted octanol–water partition coefficient (Wildman–Crippen LogP) is 2.38. The van der Waals surface area contributed by atoms with Gasteiger partial charge in [-0.15, -0.1) is 11.3 Å².